The molecule has 0 aliphatic heterocycles. The Morgan fingerprint density at radius 1 is 1.33 bits per heavy atom. The first kappa shape index (κ1) is 17.4. The van der Waals surface area contributed by atoms with E-state index in [9.17, 15) is 4.79 Å². The number of ether oxygens (including phenoxy) is 1. The van der Waals surface area contributed by atoms with Crippen LogP contribution in [0.15, 0.2) is 0 Å². The van der Waals surface area contributed by atoms with Crippen LogP contribution in [0.1, 0.15) is 47.5 Å². The summed E-state index contributed by atoms with van der Waals surface area (Å²) in [5, 5.41) is 3.32. The van der Waals surface area contributed by atoms with Gasteiger partial charge in [0.2, 0.25) is 0 Å². The monoisotopic (exact) mass is 258 g/mol. The normalized spacial score (nSPS) is 14.9. The molecule has 0 rings (SSSR count). The topological polar surface area (TPSA) is 41.6 Å². The third-order valence-electron chi connectivity index (χ3n) is 3.29. The SMILES string of the molecule is CCN(CC)CCCC(C)(NC(C)C)C(=O)OC. The Bertz CT molecular complexity index is 240. The van der Waals surface area contributed by atoms with Crippen LogP contribution < -0.4 is 5.32 Å². The smallest absolute Gasteiger partial charge is 0.325 e. The van der Waals surface area contributed by atoms with Crippen LogP contribution in [0.3, 0.4) is 0 Å². The fourth-order valence-corrected chi connectivity index (χ4v) is 2.29. The largest absolute Gasteiger partial charge is 0.468 e. The van der Waals surface area contributed by atoms with Crippen LogP contribution in [0.4, 0.5) is 0 Å². The van der Waals surface area contributed by atoms with Gasteiger partial charge in [-0.05, 0) is 53.2 Å². The second kappa shape index (κ2) is 8.48. The lowest BCUT2D eigenvalue weighted by molar-refractivity contribution is -0.148. The highest BCUT2D eigenvalue weighted by Crippen LogP contribution is 2.16. The van der Waals surface area contributed by atoms with Gasteiger partial charge in [-0.1, -0.05) is 13.8 Å². The van der Waals surface area contributed by atoms with E-state index in [1.165, 1.54) is 7.11 Å². The molecule has 0 aromatic rings. The molecule has 0 amide bonds. The fraction of sp³-hybridized carbons (Fsp3) is 0.929. The number of methoxy groups -OCH3 is 1. The van der Waals surface area contributed by atoms with Gasteiger partial charge in [0, 0.05) is 6.04 Å². The number of carbonyl (C=O) groups is 1. The van der Waals surface area contributed by atoms with Crippen LogP contribution in [0.5, 0.6) is 0 Å². The van der Waals surface area contributed by atoms with Gasteiger partial charge in [0.05, 0.1) is 7.11 Å². The molecule has 0 fully saturated rings. The molecule has 4 heteroatoms. The molecule has 0 heterocycles. The van der Waals surface area contributed by atoms with E-state index in [-0.39, 0.29) is 12.0 Å². The lowest BCUT2D eigenvalue weighted by atomic mass is 9.94. The van der Waals surface area contributed by atoms with E-state index in [1.807, 2.05) is 20.8 Å². The van der Waals surface area contributed by atoms with Crippen molar-refractivity contribution in [2.24, 2.45) is 0 Å². The molecule has 0 saturated heterocycles. The summed E-state index contributed by atoms with van der Waals surface area (Å²) in [7, 11) is 1.45. The Morgan fingerprint density at radius 3 is 2.28 bits per heavy atom. The quantitative estimate of drug-likeness (QED) is 0.643. The minimum absolute atomic E-state index is 0.171. The van der Waals surface area contributed by atoms with E-state index in [4.69, 9.17) is 4.74 Å². The minimum Gasteiger partial charge on any atom is -0.468 e. The maximum Gasteiger partial charge on any atom is 0.325 e. The van der Waals surface area contributed by atoms with Gasteiger partial charge in [-0.3, -0.25) is 10.1 Å². The van der Waals surface area contributed by atoms with Gasteiger partial charge in [0.1, 0.15) is 5.54 Å². The zero-order valence-corrected chi connectivity index (χ0v) is 12.9. The van der Waals surface area contributed by atoms with Crippen molar-refractivity contribution in [3.63, 3.8) is 0 Å². The number of nitrogens with one attached hydrogen (secondary N) is 1. The zero-order chi connectivity index (χ0) is 14.2. The maximum atomic E-state index is 11.9. The van der Waals surface area contributed by atoms with Gasteiger partial charge < -0.3 is 9.64 Å². The van der Waals surface area contributed by atoms with Crippen LogP contribution in [0.25, 0.3) is 0 Å². The van der Waals surface area contributed by atoms with Gasteiger partial charge >= 0.3 is 5.97 Å². The zero-order valence-electron chi connectivity index (χ0n) is 12.9. The number of rotatable bonds is 9. The standard InChI is InChI=1S/C14H30N2O2/c1-7-16(8-2)11-9-10-14(5,13(17)18-6)15-12(3)4/h12,15H,7-11H2,1-6H3. The van der Waals surface area contributed by atoms with Crippen LogP contribution in [0, 0.1) is 0 Å². The van der Waals surface area contributed by atoms with Gasteiger partial charge in [-0.2, -0.15) is 0 Å². The third-order valence-corrected chi connectivity index (χ3v) is 3.29. The molecule has 1 N–H and O–H groups in total. The Morgan fingerprint density at radius 2 is 1.89 bits per heavy atom. The molecule has 1 unspecified atom stereocenters. The van der Waals surface area contributed by atoms with Crippen molar-refractivity contribution in [3.05, 3.63) is 0 Å². The van der Waals surface area contributed by atoms with Crippen LogP contribution >= 0.6 is 0 Å². The van der Waals surface area contributed by atoms with Crippen LogP contribution in [0.2, 0.25) is 0 Å². The molecule has 0 aromatic heterocycles. The summed E-state index contributed by atoms with van der Waals surface area (Å²) in [6.07, 6.45) is 1.79. The molecule has 18 heavy (non-hydrogen) atoms. The lowest BCUT2D eigenvalue weighted by Gasteiger charge is -2.31. The number of nitrogens with zero attached hydrogens (tertiary/aromatic N) is 1. The molecule has 0 radical (unpaired) electrons. The Hall–Kier alpha value is -0.610. The van der Waals surface area contributed by atoms with Crippen molar-refractivity contribution in [1.29, 1.82) is 0 Å². The third kappa shape index (κ3) is 5.83. The van der Waals surface area contributed by atoms with Crippen LogP contribution in [-0.4, -0.2) is 49.2 Å². The Kier molecular flexibility index (Phi) is 8.20. The van der Waals surface area contributed by atoms with Gasteiger partial charge in [0.15, 0.2) is 0 Å². The summed E-state index contributed by atoms with van der Waals surface area (Å²) >= 11 is 0. The molecule has 108 valence electrons. The first-order valence-corrected chi connectivity index (χ1v) is 6.98. The van der Waals surface area contributed by atoms with Gasteiger partial charge in [-0.15, -0.1) is 0 Å². The summed E-state index contributed by atoms with van der Waals surface area (Å²) in [5.74, 6) is -0.171. The lowest BCUT2D eigenvalue weighted by Crippen LogP contribution is -2.53. The van der Waals surface area contributed by atoms with E-state index < -0.39 is 5.54 Å². The molecule has 0 aliphatic carbocycles. The molecule has 0 spiro atoms. The van der Waals surface area contributed by atoms with Gasteiger partial charge in [0.25, 0.3) is 0 Å². The number of hydrogen-bond donors (Lipinski definition) is 1. The van der Waals surface area contributed by atoms with Crippen molar-refractivity contribution >= 4 is 5.97 Å². The average Bonchev–Trinajstić information content (AvgIpc) is 2.32. The van der Waals surface area contributed by atoms with E-state index in [0.29, 0.717) is 0 Å². The molecule has 4 nitrogen and oxygen atoms in total. The summed E-state index contributed by atoms with van der Waals surface area (Å²) < 4.78 is 4.91. The van der Waals surface area contributed by atoms with Crippen molar-refractivity contribution < 1.29 is 9.53 Å². The second-order valence-corrected chi connectivity index (χ2v) is 5.25. The molecule has 0 saturated carbocycles. The average molecular weight is 258 g/mol. The number of esters is 1. The molecule has 1 atom stereocenters. The summed E-state index contributed by atoms with van der Waals surface area (Å²) in [6.45, 7) is 13.5. The van der Waals surface area contributed by atoms with E-state index in [0.717, 1.165) is 32.5 Å². The predicted octanol–water partition coefficient (Wildman–Crippen LogP) is 2.04. The molecule has 0 aliphatic rings. The van der Waals surface area contributed by atoms with Crippen LogP contribution in [-0.2, 0) is 9.53 Å². The summed E-state index contributed by atoms with van der Waals surface area (Å²) in [6, 6.07) is 0.266. The first-order valence-electron chi connectivity index (χ1n) is 6.98. The summed E-state index contributed by atoms with van der Waals surface area (Å²) in [4.78, 5) is 14.3. The van der Waals surface area contributed by atoms with Crippen molar-refractivity contribution in [2.75, 3.05) is 26.7 Å². The predicted molar refractivity (Wildman–Crippen MR) is 75.7 cm³/mol. The highest BCUT2D eigenvalue weighted by atomic mass is 16.5. The second-order valence-electron chi connectivity index (χ2n) is 5.25. The molecule has 0 bridgehead atoms. The Balaban J connectivity index is 4.38. The van der Waals surface area contributed by atoms with E-state index in [2.05, 4.69) is 24.1 Å². The van der Waals surface area contributed by atoms with Crippen molar-refractivity contribution in [2.45, 2.75) is 59.0 Å². The van der Waals surface area contributed by atoms with E-state index in [1.54, 1.807) is 0 Å². The van der Waals surface area contributed by atoms with E-state index >= 15 is 0 Å². The van der Waals surface area contributed by atoms with Gasteiger partial charge in [-0.25, -0.2) is 0 Å². The summed E-state index contributed by atoms with van der Waals surface area (Å²) in [5.41, 5.74) is -0.573. The van der Waals surface area contributed by atoms with Crippen molar-refractivity contribution in [3.8, 4) is 0 Å². The molecular formula is C14H30N2O2. The molecular weight excluding hydrogens is 228 g/mol. The molecule has 0 aromatic carbocycles. The number of hydrogen-bond acceptors (Lipinski definition) is 4. The Labute approximate surface area is 112 Å². The van der Waals surface area contributed by atoms with Crippen molar-refractivity contribution in [1.82, 2.24) is 10.2 Å². The minimum atomic E-state index is -0.573. The first-order chi connectivity index (χ1) is 8.39. The number of carbonyl (C=O) groups excluding carboxylic acids is 1. The maximum absolute atomic E-state index is 11.9. The fourth-order valence-electron chi connectivity index (χ4n) is 2.29. The highest BCUT2D eigenvalue weighted by molar-refractivity contribution is 5.80. The highest BCUT2D eigenvalue weighted by Gasteiger charge is 2.34.